The van der Waals surface area contributed by atoms with Crippen LogP contribution in [0.15, 0.2) is 18.2 Å². The Morgan fingerprint density at radius 2 is 1.89 bits per heavy atom. The number of nitrogens with zero attached hydrogens (tertiary/aromatic N) is 2. The van der Waals surface area contributed by atoms with Crippen LogP contribution in [0.1, 0.15) is 28.9 Å². The number of carbonyl (C=O) groups excluding carboxylic acids is 3. The summed E-state index contributed by atoms with van der Waals surface area (Å²) in [6.07, 6.45) is 0.647. The van der Waals surface area contributed by atoms with Crippen molar-refractivity contribution in [3.05, 3.63) is 29.5 Å². The van der Waals surface area contributed by atoms with Crippen LogP contribution in [0.4, 0.5) is 5.69 Å². The Hall–Kier alpha value is -2.87. The molecule has 0 bridgehead atoms. The van der Waals surface area contributed by atoms with E-state index in [0.717, 1.165) is 48.3 Å². The molecule has 0 spiro atoms. The van der Waals surface area contributed by atoms with Crippen LogP contribution in [-0.2, 0) is 16.1 Å². The van der Waals surface area contributed by atoms with Crippen molar-refractivity contribution in [3.8, 4) is 0 Å². The highest BCUT2D eigenvalue weighted by Crippen LogP contribution is 2.34. The molecule has 3 aliphatic rings. The molecule has 0 aliphatic carbocycles. The first kappa shape index (κ1) is 16.3. The second-order valence-corrected chi connectivity index (χ2v) is 7.35. The largest absolute Gasteiger partial charge is 0.369 e. The summed E-state index contributed by atoms with van der Waals surface area (Å²) in [4.78, 5) is 43.6. The third kappa shape index (κ3) is 2.59. The normalized spacial score (nSPS) is 23.1. The molecule has 1 atom stereocenters. The second kappa shape index (κ2) is 6.09. The Bertz CT molecular complexity index is 960. The maximum Gasteiger partial charge on any atom is 0.271 e. The number of H-pyrrole nitrogens is 1. The third-order valence-corrected chi connectivity index (χ3v) is 5.76. The number of hydrogen-bond acceptors (Lipinski definition) is 5. The number of rotatable bonds is 2. The van der Waals surface area contributed by atoms with Gasteiger partial charge in [-0.25, -0.2) is 0 Å². The van der Waals surface area contributed by atoms with Crippen LogP contribution in [0.25, 0.3) is 10.9 Å². The number of aromatic nitrogens is 1. The molecule has 2 aromatic rings. The van der Waals surface area contributed by atoms with Crippen LogP contribution in [0.3, 0.4) is 0 Å². The van der Waals surface area contributed by atoms with Gasteiger partial charge in [-0.15, -0.1) is 0 Å². The summed E-state index contributed by atoms with van der Waals surface area (Å²) in [6, 6.07) is 5.68. The molecular formula is C19H21N5O3. The van der Waals surface area contributed by atoms with Crippen LogP contribution < -0.4 is 15.5 Å². The van der Waals surface area contributed by atoms with E-state index in [1.165, 1.54) is 0 Å². The van der Waals surface area contributed by atoms with Crippen molar-refractivity contribution >= 4 is 34.3 Å². The summed E-state index contributed by atoms with van der Waals surface area (Å²) in [5.74, 6) is -0.818. The molecule has 2 fully saturated rings. The van der Waals surface area contributed by atoms with Crippen molar-refractivity contribution in [1.29, 1.82) is 0 Å². The predicted molar refractivity (Wildman–Crippen MR) is 99.4 cm³/mol. The van der Waals surface area contributed by atoms with Crippen molar-refractivity contribution in [1.82, 2.24) is 20.5 Å². The van der Waals surface area contributed by atoms with Gasteiger partial charge in [0.05, 0.1) is 0 Å². The number of hydrogen-bond donors (Lipinski definition) is 3. The molecule has 0 saturated carbocycles. The van der Waals surface area contributed by atoms with Crippen LogP contribution in [-0.4, -0.2) is 59.8 Å². The minimum atomic E-state index is -0.578. The number of piperidine rings is 1. The monoisotopic (exact) mass is 367 g/mol. The lowest BCUT2D eigenvalue weighted by Gasteiger charge is -2.30. The Kier molecular flexibility index (Phi) is 3.68. The lowest BCUT2D eigenvalue weighted by molar-refractivity contribution is -0.136. The quantitative estimate of drug-likeness (QED) is 0.665. The summed E-state index contributed by atoms with van der Waals surface area (Å²) in [5, 5.41) is 6.70. The van der Waals surface area contributed by atoms with E-state index in [2.05, 4.69) is 38.7 Å². The average molecular weight is 367 g/mol. The molecule has 8 nitrogen and oxygen atoms in total. The summed E-state index contributed by atoms with van der Waals surface area (Å²) >= 11 is 0. The van der Waals surface area contributed by atoms with Gasteiger partial charge >= 0.3 is 0 Å². The van der Waals surface area contributed by atoms with Gasteiger partial charge in [0.2, 0.25) is 11.8 Å². The molecule has 4 heterocycles. The van der Waals surface area contributed by atoms with Gasteiger partial charge in [-0.1, -0.05) is 6.07 Å². The van der Waals surface area contributed by atoms with Crippen LogP contribution in [0, 0.1) is 0 Å². The fourth-order valence-electron chi connectivity index (χ4n) is 4.33. The highest BCUT2D eigenvalue weighted by atomic mass is 16.2. The zero-order chi connectivity index (χ0) is 18.5. The Balaban J connectivity index is 1.44. The third-order valence-electron chi connectivity index (χ3n) is 5.76. The van der Waals surface area contributed by atoms with Crippen molar-refractivity contribution in [2.24, 2.45) is 0 Å². The van der Waals surface area contributed by atoms with E-state index in [4.69, 9.17) is 0 Å². The summed E-state index contributed by atoms with van der Waals surface area (Å²) in [5.41, 5.74) is 3.60. The number of benzene rings is 1. The number of imide groups is 1. The first-order valence-corrected chi connectivity index (χ1v) is 9.37. The maximum atomic E-state index is 12.9. The van der Waals surface area contributed by atoms with Gasteiger partial charge in [-0.05, 0) is 18.6 Å². The van der Waals surface area contributed by atoms with Crippen molar-refractivity contribution in [2.75, 3.05) is 31.1 Å². The first-order valence-electron chi connectivity index (χ1n) is 9.37. The molecule has 8 heteroatoms. The van der Waals surface area contributed by atoms with E-state index >= 15 is 0 Å². The van der Waals surface area contributed by atoms with Gasteiger partial charge in [0.25, 0.3) is 5.91 Å². The number of aromatic amines is 1. The maximum absolute atomic E-state index is 12.9. The molecule has 3 aliphatic heterocycles. The molecule has 2 saturated heterocycles. The van der Waals surface area contributed by atoms with E-state index in [1.807, 2.05) is 0 Å². The lowest BCUT2D eigenvalue weighted by atomic mass is 10.0. The molecule has 140 valence electrons. The van der Waals surface area contributed by atoms with Crippen molar-refractivity contribution in [2.45, 2.75) is 25.4 Å². The van der Waals surface area contributed by atoms with Gasteiger partial charge in [0, 0.05) is 61.3 Å². The Labute approximate surface area is 155 Å². The van der Waals surface area contributed by atoms with Gasteiger partial charge in [-0.3, -0.25) is 19.7 Å². The number of piperazine rings is 1. The van der Waals surface area contributed by atoms with Crippen LogP contribution in [0.2, 0.25) is 0 Å². The van der Waals surface area contributed by atoms with E-state index in [0.29, 0.717) is 18.7 Å². The standard InChI is InChI=1S/C19H21N5O3/c25-16-4-3-15(18(26)22-16)24-10-13-12-2-1-11(23-7-5-20-6-8-23)9-14(12)21-17(13)19(24)27/h1-2,9,15,20-21H,3-8,10H2,(H,22,25,26). The zero-order valence-electron chi connectivity index (χ0n) is 14.9. The fraction of sp³-hybridized carbons (Fsp3) is 0.421. The van der Waals surface area contributed by atoms with Crippen molar-refractivity contribution in [3.63, 3.8) is 0 Å². The Morgan fingerprint density at radius 1 is 1.07 bits per heavy atom. The minimum Gasteiger partial charge on any atom is -0.369 e. The highest BCUT2D eigenvalue weighted by molar-refractivity contribution is 6.08. The van der Waals surface area contributed by atoms with Gasteiger partial charge in [-0.2, -0.15) is 0 Å². The average Bonchev–Trinajstić information content (AvgIpc) is 3.19. The molecule has 27 heavy (non-hydrogen) atoms. The minimum absolute atomic E-state index is 0.167. The fourth-order valence-corrected chi connectivity index (χ4v) is 4.33. The van der Waals surface area contributed by atoms with Crippen LogP contribution in [0.5, 0.6) is 0 Å². The van der Waals surface area contributed by atoms with Gasteiger partial charge in [0.1, 0.15) is 11.7 Å². The van der Waals surface area contributed by atoms with E-state index < -0.39 is 6.04 Å². The summed E-state index contributed by atoms with van der Waals surface area (Å²) in [7, 11) is 0. The molecule has 3 N–H and O–H groups in total. The second-order valence-electron chi connectivity index (χ2n) is 7.35. The molecule has 5 rings (SSSR count). The zero-order valence-corrected chi connectivity index (χ0v) is 14.9. The molecule has 1 aromatic heterocycles. The SMILES string of the molecule is O=C1CCC(N2Cc3c([nH]c4cc(N5CCNCC5)ccc34)C2=O)C(=O)N1. The number of anilines is 1. The molecule has 1 unspecified atom stereocenters. The molecule has 3 amide bonds. The number of amides is 3. The number of carbonyl (C=O) groups is 3. The highest BCUT2D eigenvalue weighted by Gasteiger charge is 2.40. The number of nitrogens with one attached hydrogen (secondary N) is 3. The van der Waals surface area contributed by atoms with E-state index in [1.54, 1.807) is 4.90 Å². The Morgan fingerprint density at radius 3 is 2.67 bits per heavy atom. The van der Waals surface area contributed by atoms with Crippen molar-refractivity contribution < 1.29 is 14.4 Å². The van der Waals surface area contributed by atoms with E-state index in [9.17, 15) is 14.4 Å². The smallest absolute Gasteiger partial charge is 0.271 e. The topological polar surface area (TPSA) is 97.5 Å². The first-order chi connectivity index (χ1) is 13.1. The van der Waals surface area contributed by atoms with E-state index in [-0.39, 0.29) is 24.1 Å². The van der Waals surface area contributed by atoms with Crippen LogP contribution >= 0.6 is 0 Å². The molecule has 0 radical (unpaired) electrons. The molecular weight excluding hydrogens is 346 g/mol. The van der Waals surface area contributed by atoms with Gasteiger partial charge < -0.3 is 20.1 Å². The summed E-state index contributed by atoms with van der Waals surface area (Å²) < 4.78 is 0. The van der Waals surface area contributed by atoms with Gasteiger partial charge in [0.15, 0.2) is 0 Å². The predicted octanol–water partition coefficient (Wildman–Crippen LogP) is 0.339. The summed E-state index contributed by atoms with van der Waals surface area (Å²) in [6.45, 7) is 4.27. The number of fused-ring (bicyclic) bond motifs is 3. The lowest BCUT2D eigenvalue weighted by Crippen LogP contribution is -2.52. The molecule has 1 aromatic carbocycles.